The fourth-order valence-electron chi connectivity index (χ4n) is 2.14. The van der Waals surface area contributed by atoms with Crippen LogP contribution < -0.4 is 5.32 Å². The Bertz CT molecular complexity index is 490. The maximum absolute atomic E-state index is 12.2. The lowest BCUT2D eigenvalue weighted by atomic mass is 9.92. The number of nitrogens with one attached hydrogen (secondary N) is 1. The number of carbonyl (C=O) groups is 2. The Morgan fingerprint density at radius 3 is 2.21 bits per heavy atom. The van der Waals surface area contributed by atoms with Crippen LogP contribution in [-0.4, -0.2) is 22.5 Å². The molecular formula is C15H21NO3. The zero-order chi connectivity index (χ0) is 14.6. The number of hydrogen-bond donors (Lipinski definition) is 2. The van der Waals surface area contributed by atoms with Gasteiger partial charge < -0.3 is 10.4 Å². The summed E-state index contributed by atoms with van der Waals surface area (Å²) >= 11 is 0. The van der Waals surface area contributed by atoms with Crippen LogP contribution >= 0.6 is 0 Å². The van der Waals surface area contributed by atoms with Gasteiger partial charge in [-0.3, -0.25) is 4.79 Å². The van der Waals surface area contributed by atoms with Crippen molar-refractivity contribution in [1.82, 2.24) is 5.32 Å². The van der Waals surface area contributed by atoms with Crippen molar-refractivity contribution in [3.63, 3.8) is 0 Å². The first kappa shape index (κ1) is 15.2. The van der Waals surface area contributed by atoms with Gasteiger partial charge in [-0.25, -0.2) is 4.79 Å². The van der Waals surface area contributed by atoms with E-state index in [4.69, 9.17) is 0 Å². The lowest BCUT2D eigenvalue weighted by molar-refractivity contribution is -0.144. The Morgan fingerprint density at radius 2 is 1.79 bits per heavy atom. The van der Waals surface area contributed by atoms with Crippen LogP contribution in [0.1, 0.15) is 48.2 Å². The number of amides is 1. The van der Waals surface area contributed by atoms with Gasteiger partial charge in [-0.05, 0) is 38.3 Å². The summed E-state index contributed by atoms with van der Waals surface area (Å²) in [5.41, 5.74) is 1.26. The molecule has 0 spiro atoms. The van der Waals surface area contributed by atoms with E-state index < -0.39 is 11.5 Å². The monoisotopic (exact) mass is 263 g/mol. The normalized spacial score (nSPS) is 11.2. The molecule has 0 aliphatic carbocycles. The first-order chi connectivity index (χ1) is 8.86. The van der Waals surface area contributed by atoms with Crippen molar-refractivity contribution in [3.8, 4) is 0 Å². The molecule has 0 saturated carbocycles. The molecule has 4 nitrogen and oxygen atoms in total. The number of hydrogen-bond acceptors (Lipinski definition) is 2. The van der Waals surface area contributed by atoms with Crippen LogP contribution in [-0.2, 0) is 4.79 Å². The highest BCUT2D eigenvalue weighted by molar-refractivity contribution is 5.99. The van der Waals surface area contributed by atoms with Crippen molar-refractivity contribution in [1.29, 1.82) is 0 Å². The minimum absolute atomic E-state index is 0.330. The lowest BCUT2D eigenvalue weighted by Gasteiger charge is -2.28. The second kappa shape index (κ2) is 5.87. The zero-order valence-electron chi connectivity index (χ0n) is 11.9. The Kier molecular flexibility index (Phi) is 4.70. The second-order valence-electron chi connectivity index (χ2n) is 4.87. The van der Waals surface area contributed by atoms with Gasteiger partial charge in [0.1, 0.15) is 5.54 Å². The molecule has 1 aromatic carbocycles. The van der Waals surface area contributed by atoms with Crippen LogP contribution in [0.4, 0.5) is 0 Å². The Balaban J connectivity index is 3.04. The van der Waals surface area contributed by atoms with Crippen LogP contribution in [0.15, 0.2) is 18.2 Å². The standard InChI is InChI=1S/C15H21NO3/c1-5-15(6-2,14(18)19)16-13(17)12-8-7-10(3)9-11(12)4/h7-9H,5-6H2,1-4H3,(H,16,17)(H,18,19). The maximum Gasteiger partial charge on any atom is 0.329 e. The number of carboxylic acids is 1. The molecule has 0 aromatic heterocycles. The number of rotatable bonds is 5. The van der Waals surface area contributed by atoms with Crippen molar-refractivity contribution < 1.29 is 14.7 Å². The second-order valence-corrected chi connectivity index (χ2v) is 4.87. The minimum Gasteiger partial charge on any atom is -0.480 e. The summed E-state index contributed by atoms with van der Waals surface area (Å²) in [4.78, 5) is 23.6. The molecule has 0 aliphatic rings. The Hall–Kier alpha value is -1.84. The molecule has 0 radical (unpaired) electrons. The van der Waals surface area contributed by atoms with Crippen molar-refractivity contribution >= 4 is 11.9 Å². The zero-order valence-corrected chi connectivity index (χ0v) is 11.9. The van der Waals surface area contributed by atoms with Gasteiger partial charge >= 0.3 is 5.97 Å². The fourth-order valence-corrected chi connectivity index (χ4v) is 2.14. The van der Waals surface area contributed by atoms with Crippen molar-refractivity contribution in [2.24, 2.45) is 0 Å². The van der Waals surface area contributed by atoms with Gasteiger partial charge in [0.2, 0.25) is 0 Å². The van der Waals surface area contributed by atoms with Gasteiger partial charge in [0.25, 0.3) is 5.91 Å². The average molecular weight is 263 g/mol. The molecule has 0 atom stereocenters. The van der Waals surface area contributed by atoms with E-state index in [9.17, 15) is 14.7 Å². The molecule has 1 amide bonds. The number of carboxylic acid groups (broad SMARTS) is 1. The van der Waals surface area contributed by atoms with Crippen LogP contribution in [0, 0.1) is 13.8 Å². The van der Waals surface area contributed by atoms with E-state index in [0.717, 1.165) is 11.1 Å². The van der Waals surface area contributed by atoms with Gasteiger partial charge in [0, 0.05) is 5.56 Å². The van der Waals surface area contributed by atoms with Gasteiger partial charge in [-0.15, -0.1) is 0 Å². The predicted molar refractivity (Wildman–Crippen MR) is 74.3 cm³/mol. The van der Waals surface area contributed by atoms with Crippen LogP contribution in [0.25, 0.3) is 0 Å². The quantitative estimate of drug-likeness (QED) is 0.858. The first-order valence-electron chi connectivity index (χ1n) is 6.49. The number of benzene rings is 1. The molecule has 4 heteroatoms. The first-order valence-corrected chi connectivity index (χ1v) is 6.49. The maximum atomic E-state index is 12.2. The average Bonchev–Trinajstić information content (AvgIpc) is 2.35. The van der Waals surface area contributed by atoms with E-state index in [1.54, 1.807) is 19.9 Å². The summed E-state index contributed by atoms with van der Waals surface area (Å²) in [7, 11) is 0. The summed E-state index contributed by atoms with van der Waals surface area (Å²) in [5.74, 6) is -1.32. The lowest BCUT2D eigenvalue weighted by Crippen LogP contribution is -2.53. The highest BCUT2D eigenvalue weighted by Crippen LogP contribution is 2.18. The summed E-state index contributed by atoms with van der Waals surface area (Å²) in [6.07, 6.45) is 0.713. The Morgan fingerprint density at radius 1 is 1.21 bits per heavy atom. The van der Waals surface area contributed by atoms with E-state index >= 15 is 0 Å². The van der Waals surface area contributed by atoms with Gasteiger partial charge in [0.15, 0.2) is 0 Å². The summed E-state index contributed by atoms with van der Waals surface area (Å²) in [6.45, 7) is 7.33. The molecule has 19 heavy (non-hydrogen) atoms. The molecule has 0 unspecified atom stereocenters. The third-order valence-electron chi connectivity index (χ3n) is 3.60. The summed E-state index contributed by atoms with van der Waals surface area (Å²) < 4.78 is 0. The predicted octanol–water partition coefficient (Wildman–Crippen LogP) is 2.68. The molecule has 0 fully saturated rings. The number of aryl methyl sites for hydroxylation is 2. The largest absolute Gasteiger partial charge is 0.480 e. The summed E-state index contributed by atoms with van der Waals surface area (Å²) in [5, 5.41) is 12.0. The Labute approximate surface area is 113 Å². The van der Waals surface area contributed by atoms with E-state index in [1.807, 2.05) is 26.0 Å². The highest BCUT2D eigenvalue weighted by atomic mass is 16.4. The van der Waals surface area contributed by atoms with Crippen LogP contribution in [0.5, 0.6) is 0 Å². The summed E-state index contributed by atoms with van der Waals surface area (Å²) in [6, 6.07) is 5.50. The minimum atomic E-state index is -1.19. The molecule has 1 aromatic rings. The molecule has 104 valence electrons. The van der Waals surface area contributed by atoms with E-state index in [-0.39, 0.29) is 5.91 Å². The van der Waals surface area contributed by atoms with E-state index in [1.165, 1.54) is 0 Å². The van der Waals surface area contributed by atoms with Crippen molar-refractivity contribution in [2.75, 3.05) is 0 Å². The SMILES string of the molecule is CCC(CC)(NC(=O)c1ccc(C)cc1C)C(=O)O. The fraction of sp³-hybridized carbons (Fsp3) is 0.467. The van der Waals surface area contributed by atoms with Crippen molar-refractivity contribution in [3.05, 3.63) is 34.9 Å². The van der Waals surface area contributed by atoms with Crippen LogP contribution in [0.2, 0.25) is 0 Å². The van der Waals surface area contributed by atoms with Gasteiger partial charge in [0.05, 0.1) is 0 Å². The molecule has 0 aliphatic heterocycles. The van der Waals surface area contributed by atoms with Gasteiger partial charge in [-0.1, -0.05) is 31.5 Å². The van der Waals surface area contributed by atoms with Crippen LogP contribution in [0.3, 0.4) is 0 Å². The van der Waals surface area contributed by atoms with E-state index in [2.05, 4.69) is 5.32 Å². The highest BCUT2D eigenvalue weighted by Gasteiger charge is 2.36. The smallest absolute Gasteiger partial charge is 0.329 e. The molecular weight excluding hydrogens is 242 g/mol. The number of aliphatic carboxylic acids is 1. The molecule has 2 N–H and O–H groups in total. The van der Waals surface area contributed by atoms with E-state index in [0.29, 0.717) is 18.4 Å². The topological polar surface area (TPSA) is 66.4 Å². The molecule has 0 heterocycles. The van der Waals surface area contributed by atoms with Gasteiger partial charge in [-0.2, -0.15) is 0 Å². The molecule has 0 saturated heterocycles. The third kappa shape index (κ3) is 3.13. The third-order valence-corrected chi connectivity index (χ3v) is 3.60. The number of carbonyl (C=O) groups excluding carboxylic acids is 1. The molecule has 1 rings (SSSR count). The molecule has 0 bridgehead atoms. The van der Waals surface area contributed by atoms with Crippen molar-refractivity contribution in [2.45, 2.75) is 46.1 Å².